The molecule has 0 bridgehead atoms. The summed E-state index contributed by atoms with van der Waals surface area (Å²) in [4.78, 5) is 0. The Balaban J connectivity index is 2.98. The third kappa shape index (κ3) is 13.7. The molecule has 0 radical (unpaired) electrons. The molecule has 0 aliphatic heterocycles. The highest BCUT2D eigenvalue weighted by Crippen LogP contribution is 1.85. The summed E-state index contributed by atoms with van der Waals surface area (Å²) in [5.41, 5.74) is 5.67. The average molecular weight is 251 g/mol. The largest absolute Gasteiger partial charge is 0.383 e. The molecule has 0 heterocycles. The van der Waals surface area contributed by atoms with Crippen molar-refractivity contribution in [3.63, 3.8) is 0 Å². The van der Waals surface area contributed by atoms with Gasteiger partial charge in [0.15, 0.2) is 0 Å². The Bertz CT molecular complexity index is 148. The van der Waals surface area contributed by atoms with Gasteiger partial charge in [-0.15, -0.1) is 0 Å². The Morgan fingerprint density at radius 2 is 1.24 bits per heavy atom. The summed E-state index contributed by atoms with van der Waals surface area (Å²) in [5, 5.41) is 0. The van der Waals surface area contributed by atoms with Gasteiger partial charge in [0.05, 0.1) is 58.9 Å². The van der Waals surface area contributed by atoms with Gasteiger partial charge in [-0.25, -0.2) is 0 Å². The lowest BCUT2D eigenvalue weighted by Gasteiger charge is -2.11. The smallest absolute Gasteiger partial charge is 0.0701 e. The van der Waals surface area contributed by atoms with E-state index in [1.807, 2.05) is 0 Å². The van der Waals surface area contributed by atoms with E-state index in [0.29, 0.717) is 52.9 Å². The maximum Gasteiger partial charge on any atom is 0.0701 e. The van der Waals surface area contributed by atoms with E-state index in [1.165, 1.54) is 0 Å². The van der Waals surface area contributed by atoms with Gasteiger partial charge in [-0.1, -0.05) is 0 Å². The normalized spacial score (nSPS) is 12.9. The van der Waals surface area contributed by atoms with E-state index >= 15 is 0 Å². The van der Waals surface area contributed by atoms with Crippen LogP contribution in [0, 0.1) is 0 Å². The van der Waals surface area contributed by atoms with Gasteiger partial charge >= 0.3 is 0 Å². The van der Waals surface area contributed by atoms with Crippen molar-refractivity contribution in [1.82, 2.24) is 0 Å². The Kier molecular flexibility index (Phi) is 13.6. The van der Waals surface area contributed by atoms with Crippen LogP contribution in [0.15, 0.2) is 0 Å². The van der Waals surface area contributed by atoms with Crippen LogP contribution in [0.3, 0.4) is 0 Å². The molecule has 104 valence electrons. The Labute approximate surface area is 103 Å². The first kappa shape index (κ1) is 16.8. The fourth-order valence-electron chi connectivity index (χ4n) is 1.08. The molecule has 0 aromatic heterocycles. The monoisotopic (exact) mass is 251 g/mol. The van der Waals surface area contributed by atoms with E-state index in [-0.39, 0.29) is 6.04 Å². The standard InChI is InChI=1S/C11H25NO5/c1-13-3-4-15-5-6-16-7-8-17-10-11(12)9-14-2/h11H,3-10,12H2,1-2H3. The molecule has 0 rings (SSSR count). The van der Waals surface area contributed by atoms with Gasteiger partial charge in [-0.2, -0.15) is 0 Å². The van der Waals surface area contributed by atoms with Crippen molar-refractivity contribution >= 4 is 0 Å². The quantitative estimate of drug-likeness (QED) is 0.451. The van der Waals surface area contributed by atoms with Gasteiger partial charge < -0.3 is 29.4 Å². The van der Waals surface area contributed by atoms with Crippen molar-refractivity contribution < 1.29 is 23.7 Å². The predicted octanol–water partition coefficient (Wildman–Crippen LogP) is -0.344. The number of rotatable bonds is 13. The summed E-state index contributed by atoms with van der Waals surface area (Å²) in [6.07, 6.45) is 0. The van der Waals surface area contributed by atoms with Crippen molar-refractivity contribution in [2.75, 3.05) is 67.1 Å². The highest BCUT2D eigenvalue weighted by atomic mass is 16.6. The lowest BCUT2D eigenvalue weighted by molar-refractivity contribution is -0.000696. The third-order valence-electron chi connectivity index (χ3n) is 1.89. The third-order valence-corrected chi connectivity index (χ3v) is 1.89. The minimum atomic E-state index is -0.0719. The summed E-state index contributed by atoms with van der Waals surface area (Å²) in [7, 11) is 3.26. The molecule has 1 atom stereocenters. The fourth-order valence-corrected chi connectivity index (χ4v) is 1.08. The van der Waals surface area contributed by atoms with Gasteiger partial charge in [0, 0.05) is 14.2 Å². The molecule has 0 fully saturated rings. The van der Waals surface area contributed by atoms with E-state index < -0.39 is 0 Å². The maximum atomic E-state index is 5.67. The SMILES string of the molecule is COCCOCCOCCOCC(N)COC. The molecule has 0 aliphatic carbocycles. The van der Waals surface area contributed by atoms with Crippen molar-refractivity contribution in [1.29, 1.82) is 0 Å². The summed E-state index contributed by atoms with van der Waals surface area (Å²) in [5.74, 6) is 0. The molecule has 6 nitrogen and oxygen atoms in total. The number of nitrogens with two attached hydrogens (primary N) is 1. The van der Waals surface area contributed by atoms with Crippen LogP contribution in [0.25, 0.3) is 0 Å². The van der Waals surface area contributed by atoms with E-state index in [2.05, 4.69) is 0 Å². The zero-order valence-electron chi connectivity index (χ0n) is 10.9. The van der Waals surface area contributed by atoms with Gasteiger partial charge in [-0.3, -0.25) is 0 Å². The predicted molar refractivity (Wildman–Crippen MR) is 64.2 cm³/mol. The fraction of sp³-hybridized carbons (Fsp3) is 1.00. The molecular weight excluding hydrogens is 226 g/mol. The zero-order chi connectivity index (χ0) is 12.8. The number of methoxy groups -OCH3 is 2. The Morgan fingerprint density at radius 1 is 0.706 bits per heavy atom. The van der Waals surface area contributed by atoms with Crippen molar-refractivity contribution in [3.8, 4) is 0 Å². The van der Waals surface area contributed by atoms with Crippen LogP contribution in [0.2, 0.25) is 0 Å². The second-order valence-corrected chi connectivity index (χ2v) is 3.51. The molecule has 0 saturated carbocycles. The first-order valence-electron chi connectivity index (χ1n) is 5.78. The lowest BCUT2D eigenvalue weighted by atomic mass is 10.4. The molecule has 0 aromatic carbocycles. The zero-order valence-corrected chi connectivity index (χ0v) is 10.9. The number of hydrogen-bond acceptors (Lipinski definition) is 6. The van der Waals surface area contributed by atoms with Crippen LogP contribution < -0.4 is 5.73 Å². The van der Waals surface area contributed by atoms with Crippen molar-refractivity contribution in [2.24, 2.45) is 5.73 Å². The van der Waals surface area contributed by atoms with Crippen LogP contribution in [-0.4, -0.2) is 73.1 Å². The van der Waals surface area contributed by atoms with E-state index in [1.54, 1.807) is 14.2 Å². The molecule has 0 saturated heterocycles. The minimum Gasteiger partial charge on any atom is -0.383 e. The summed E-state index contributed by atoms with van der Waals surface area (Å²) < 4.78 is 25.5. The summed E-state index contributed by atoms with van der Waals surface area (Å²) in [6.45, 7) is 4.44. The highest BCUT2D eigenvalue weighted by molar-refractivity contribution is 4.56. The summed E-state index contributed by atoms with van der Waals surface area (Å²) >= 11 is 0. The molecule has 0 aliphatic rings. The molecule has 17 heavy (non-hydrogen) atoms. The Morgan fingerprint density at radius 3 is 1.76 bits per heavy atom. The van der Waals surface area contributed by atoms with Gasteiger partial charge in [0.2, 0.25) is 0 Å². The van der Waals surface area contributed by atoms with Crippen LogP contribution in [0.5, 0.6) is 0 Å². The van der Waals surface area contributed by atoms with Crippen LogP contribution >= 0.6 is 0 Å². The first-order chi connectivity index (χ1) is 8.31. The van der Waals surface area contributed by atoms with Crippen LogP contribution in [0.1, 0.15) is 0 Å². The van der Waals surface area contributed by atoms with E-state index in [4.69, 9.17) is 29.4 Å². The maximum absolute atomic E-state index is 5.67. The van der Waals surface area contributed by atoms with Crippen LogP contribution in [-0.2, 0) is 23.7 Å². The Hall–Kier alpha value is -0.240. The van der Waals surface area contributed by atoms with Gasteiger partial charge in [-0.05, 0) is 0 Å². The van der Waals surface area contributed by atoms with Crippen molar-refractivity contribution in [3.05, 3.63) is 0 Å². The molecule has 1 unspecified atom stereocenters. The topological polar surface area (TPSA) is 72.2 Å². The minimum absolute atomic E-state index is 0.0719. The number of ether oxygens (including phenoxy) is 5. The van der Waals surface area contributed by atoms with E-state index in [9.17, 15) is 0 Å². The lowest BCUT2D eigenvalue weighted by Crippen LogP contribution is -2.31. The molecule has 0 aromatic rings. The number of hydrogen-bond donors (Lipinski definition) is 1. The van der Waals surface area contributed by atoms with E-state index in [0.717, 1.165) is 0 Å². The first-order valence-corrected chi connectivity index (χ1v) is 5.78. The van der Waals surface area contributed by atoms with Crippen molar-refractivity contribution in [2.45, 2.75) is 6.04 Å². The second-order valence-electron chi connectivity index (χ2n) is 3.51. The average Bonchev–Trinajstić information content (AvgIpc) is 2.32. The molecule has 6 heteroatoms. The van der Waals surface area contributed by atoms with Gasteiger partial charge in [0.1, 0.15) is 0 Å². The highest BCUT2D eigenvalue weighted by Gasteiger charge is 2.00. The molecular formula is C11H25NO5. The van der Waals surface area contributed by atoms with Gasteiger partial charge in [0.25, 0.3) is 0 Å². The molecule has 0 spiro atoms. The molecule has 2 N–H and O–H groups in total. The second kappa shape index (κ2) is 13.8. The summed E-state index contributed by atoms with van der Waals surface area (Å²) in [6, 6.07) is -0.0719. The molecule has 0 amide bonds. The van der Waals surface area contributed by atoms with Crippen LogP contribution in [0.4, 0.5) is 0 Å².